The fourth-order valence-electron chi connectivity index (χ4n) is 4.96. The number of rotatable bonds is 8. The first-order chi connectivity index (χ1) is 16.4. The Morgan fingerprint density at radius 2 is 1.79 bits per heavy atom. The smallest absolute Gasteiger partial charge is 0.308 e. The number of ketones is 1. The Morgan fingerprint density at radius 3 is 2.44 bits per heavy atom. The first kappa shape index (κ1) is 24.2. The number of methoxy groups -OCH3 is 1. The van der Waals surface area contributed by atoms with Gasteiger partial charge in [-0.15, -0.1) is 11.3 Å². The van der Waals surface area contributed by atoms with Crippen molar-refractivity contribution in [1.29, 1.82) is 0 Å². The molecule has 34 heavy (non-hydrogen) atoms. The summed E-state index contributed by atoms with van der Waals surface area (Å²) >= 11 is 1.58. The van der Waals surface area contributed by atoms with Crippen molar-refractivity contribution in [2.45, 2.75) is 52.5 Å². The number of amides is 1. The van der Waals surface area contributed by atoms with Crippen LogP contribution in [0.25, 0.3) is 10.2 Å². The number of anilines is 1. The van der Waals surface area contributed by atoms with Crippen molar-refractivity contribution in [3.8, 4) is 0 Å². The van der Waals surface area contributed by atoms with Crippen molar-refractivity contribution < 1.29 is 19.1 Å². The lowest BCUT2D eigenvalue weighted by molar-refractivity contribution is -0.146. The van der Waals surface area contributed by atoms with Crippen molar-refractivity contribution in [1.82, 2.24) is 4.57 Å². The van der Waals surface area contributed by atoms with Gasteiger partial charge in [-0.1, -0.05) is 17.7 Å². The summed E-state index contributed by atoms with van der Waals surface area (Å²) in [7, 11) is 1.43. The average Bonchev–Trinajstić information content (AvgIpc) is 3.43. The number of hydrogen-bond acceptors (Lipinski definition) is 5. The average molecular weight is 481 g/mol. The molecule has 180 valence electrons. The Hall–Kier alpha value is -2.93. The number of nitrogens with zero attached hydrogens (tertiary/aromatic N) is 2. The summed E-state index contributed by atoms with van der Waals surface area (Å²) in [6.07, 6.45) is 3.66. The molecule has 1 aromatic carbocycles. The molecular formula is C27H32N2O4S. The third-order valence-corrected chi connectivity index (χ3v) is 7.77. The van der Waals surface area contributed by atoms with Gasteiger partial charge in [-0.2, -0.15) is 0 Å². The predicted octanol–water partition coefficient (Wildman–Crippen LogP) is 5.62. The van der Waals surface area contributed by atoms with Crippen LogP contribution in [0.3, 0.4) is 0 Å². The number of benzene rings is 1. The monoisotopic (exact) mass is 480 g/mol. The number of thiophene rings is 1. The van der Waals surface area contributed by atoms with Gasteiger partial charge >= 0.3 is 5.97 Å². The molecule has 1 fully saturated rings. The minimum Gasteiger partial charge on any atom is -0.469 e. The summed E-state index contributed by atoms with van der Waals surface area (Å²) in [5.74, 6) is 0.0837. The number of carbonyl (C=O) groups is 3. The van der Waals surface area contributed by atoms with Crippen LogP contribution in [0.5, 0.6) is 0 Å². The van der Waals surface area contributed by atoms with Gasteiger partial charge in [-0.05, 0) is 75.1 Å². The summed E-state index contributed by atoms with van der Waals surface area (Å²) in [6.45, 7) is 4.67. The highest BCUT2D eigenvalue weighted by atomic mass is 32.1. The van der Waals surface area contributed by atoms with Crippen LogP contribution in [0.1, 0.15) is 55.1 Å². The van der Waals surface area contributed by atoms with Gasteiger partial charge in [0.2, 0.25) is 5.91 Å². The molecule has 0 saturated heterocycles. The van der Waals surface area contributed by atoms with Crippen LogP contribution in [0.4, 0.5) is 5.69 Å². The quantitative estimate of drug-likeness (QED) is 0.310. The standard InChI is InChI=1S/C27H32N2O4S/c1-4-28(21-11-5-18(2)6-12-21)26(31)17-29-22-13-14-34-25(22)16-23(29)24(30)15-19-7-9-20(10-8-19)27(32)33-3/h5-6,11-14,16,19-20H,4,7-10,15,17H2,1-3H3. The number of fused-ring (bicyclic) bond motifs is 1. The lowest BCUT2D eigenvalue weighted by Crippen LogP contribution is -2.34. The SMILES string of the molecule is CCN(C(=O)Cn1c(C(=O)CC2CCC(C(=O)OC)CC2)cc2sccc21)c1ccc(C)cc1. The lowest BCUT2D eigenvalue weighted by Gasteiger charge is -2.26. The molecule has 7 heteroatoms. The Morgan fingerprint density at radius 1 is 1.09 bits per heavy atom. The number of ether oxygens (including phenoxy) is 1. The van der Waals surface area contributed by atoms with Crippen LogP contribution in [0.15, 0.2) is 41.8 Å². The Labute approximate surface area is 204 Å². The summed E-state index contributed by atoms with van der Waals surface area (Å²) < 4.78 is 7.78. The summed E-state index contributed by atoms with van der Waals surface area (Å²) in [4.78, 5) is 40.3. The maximum atomic E-state index is 13.4. The second-order valence-electron chi connectivity index (χ2n) is 9.13. The van der Waals surface area contributed by atoms with E-state index in [1.54, 1.807) is 16.2 Å². The molecule has 3 aromatic rings. The van der Waals surface area contributed by atoms with E-state index in [-0.39, 0.29) is 36.0 Å². The van der Waals surface area contributed by atoms with E-state index in [0.29, 0.717) is 18.7 Å². The zero-order valence-corrected chi connectivity index (χ0v) is 20.9. The minimum atomic E-state index is -0.147. The van der Waals surface area contributed by atoms with Crippen LogP contribution < -0.4 is 4.90 Å². The molecule has 4 rings (SSSR count). The van der Waals surface area contributed by atoms with Crippen molar-refractivity contribution in [3.05, 3.63) is 53.0 Å². The van der Waals surface area contributed by atoms with Crippen molar-refractivity contribution in [3.63, 3.8) is 0 Å². The number of likely N-dealkylation sites (N-methyl/N-ethyl adjacent to an activating group) is 1. The molecule has 1 amide bonds. The van der Waals surface area contributed by atoms with E-state index in [1.165, 1.54) is 7.11 Å². The molecule has 0 atom stereocenters. The van der Waals surface area contributed by atoms with E-state index in [1.807, 2.05) is 60.2 Å². The van der Waals surface area contributed by atoms with Gasteiger partial charge in [-0.3, -0.25) is 14.4 Å². The van der Waals surface area contributed by atoms with Gasteiger partial charge in [0.1, 0.15) is 6.54 Å². The Kier molecular flexibility index (Phi) is 7.51. The zero-order valence-electron chi connectivity index (χ0n) is 20.1. The van der Waals surface area contributed by atoms with E-state index in [2.05, 4.69) is 0 Å². The number of aryl methyl sites for hydroxylation is 1. The van der Waals surface area contributed by atoms with E-state index < -0.39 is 0 Å². The summed E-state index contributed by atoms with van der Waals surface area (Å²) in [6, 6.07) is 11.8. The highest BCUT2D eigenvalue weighted by molar-refractivity contribution is 7.17. The highest BCUT2D eigenvalue weighted by Crippen LogP contribution is 2.33. The van der Waals surface area contributed by atoms with Gasteiger partial charge in [0.15, 0.2) is 5.78 Å². The number of carbonyl (C=O) groups excluding carboxylic acids is 3. The number of aromatic nitrogens is 1. The molecular weight excluding hydrogens is 448 g/mol. The normalized spacial score (nSPS) is 18.1. The third-order valence-electron chi connectivity index (χ3n) is 6.92. The first-order valence-corrected chi connectivity index (χ1v) is 12.8. The molecule has 0 N–H and O–H groups in total. The van der Waals surface area contributed by atoms with Crippen molar-refractivity contribution in [2.75, 3.05) is 18.6 Å². The fourth-order valence-corrected chi connectivity index (χ4v) is 5.78. The van der Waals surface area contributed by atoms with Gasteiger partial charge in [-0.25, -0.2) is 0 Å². The molecule has 0 spiro atoms. The van der Waals surface area contributed by atoms with E-state index >= 15 is 0 Å². The van der Waals surface area contributed by atoms with Crippen LogP contribution in [0, 0.1) is 18.8 Å². The lowest BCUT2D eigenvalue weighted by atomic mass is 9.79. The molecule has 1 aliphatic carbocycles. The summed E-state index contributed by atoms with van der Waals surface area (Å²) in [5.41, 5.74) is 3.54. The van der Waals surface area contributed by atoms with Crippen LogP contribution in [-0.2, 0) is 20.9 Å². The Balaban J connectivity index is 1.50. The fraction of sp³-hybridized carbons (Fsp3) is 0.444. The molecule has 6 nitrogen and oxygen atoms in total. The van der Waals surface area contributed by atoms with Crippen LogP contribution in [-0.4, -0.2) is 35.9 Å². The van der Waals surface area contributed by atoms with Gasteiger partial charge in [0.25, 0.3) is 0 Å². The van der Waals surface area contributed by atoms with Crippen LogP contribution in [0.2, 0.25) is 0 Å². The van der Waals surface area contributed by atoms with Gasteiger partial charge in [0, 0.05) is 18.7 Å². The molecule has 0 radical (unpaired) electrons. The third kappa shape index (κ3) is 5.09. The van der Waals surface area contributed by atoms with Crippen LogP contribution >= 0.6 is 11.3 Å². The predicted molar refractivity (Wildman–Crippen MR) is 135 cm³/mol. The Bertz CT molecular complexity index is 1170. The molecule has 2 heterocycles. The van der Waals surface area contributed by atoms with E-state index in [0.717, 1.165) is 47.2 Å². The van der Waals surface area contributed by atoms with E-state index in [9.17, 15) is 14.4 Å². The molecule has 0 aliphatic heterocycles. The highest BCUT2D eigenvalue weighted by Gasteiger charge is 2.29. The van der Waals surface area contributed by atoms with Crippen molar-refractivity contribution >= 4 is 44.9 Å². The first-order valence-electron chi connectivity index (χ1n) is 12.0. The van der Waals surface area contributed by atoms with Crippen molar-refractivity contribution in [2.24, 2.45) is 11.8 Å². The second kappa shape index (κ2) is 10.6. The van der Waals surface area contributed by atoms with E-state index in [4.69, 9.17) is 4.74 Å². The minimum absolute atomic E-state index is 0.0392. The maximum Gasteiger partial charge on any atom is 0.308 e. The topological polar surface area (TPSA) is 68.6 Å². The maximum absolute atomic E-state index is 13.4. The molecule has 0 bridgehead atoms. The van der Waals surface area contributed by atoms with Gasteiger partial charge < -0.3 is 14.2 Å². The molecule has 0 unspecified atom stereocenters. The molecule has 2 aromatic heterocycles. The molecule has 1 saturated carbocycles. The molecule has 1 aliphatic rings. The van der Waals surface area contributed by atoms with Gasteiger partial charge in [0.05, 0.1) is 28.9 Å². The summed E-state index contributed by atoms with van der Waals surface area (Å²) in [5, 5.41) is 1.99. The number of hydrogen-bond donors (Lipinski definition) is 0. The number of esters is 1. The largest absolute Gasteiger partial charge is 0.469 e. The second-order valence-corrected chi connectivity index (χ2v) is 10.1. The number of Topliss-reactive ketones (excluding diaryl/α,β-unsaturated/α-hetero) is 1. The zero-order chi connectivity index (χ0) is 24.2.